The zero-order valence-corrected chi connectivity index (χ0v) is 8.71. The molecule has 0 atom stereocenters. The minimum absolute atomic E-state index is 0.162. The molecule has 0 aromatic carbocycles. The second-order valence-electron chi connectivity index (χ2n) is 3.48. The van der Waals surface area contributed by atoms with Gasteiger partial charge in [-0.1, -0.05) is 6.58 Å². The van der Waals surface area contributed by atoms with Gasteiger partial charge in [0.1, 0.15) is 0 Å². The molecule has 5 heteroatoms. The van der Waals surface area contributed by atoms with Crippen LogP contribution in [0.15, 0.2) is 12.2 Å². The van der Waals surface area contributed by atoms with Gasteiger partial charge in [0.15, 0.2) is 0 Å². The molecule has 1 fully saturated rings. The van der Waals surface area contributed by atoms with Gasteiger partial charge in [0.05, 0.1) is 0 Å². The molecule has 1 aliphatic rings. The maximum atomic E-state index is 11.2. The molecule has 0 unspecified atom stereocenters. The predicted octanol–water partition coefficient (Wildman–Crippen LogP) is -0.172. The van der Waals surface area contributed by atoms with Crippen molar-refractivity contribution in [1.29, 1.82) is 0 Å². The highest BCUT2D eigenvalue weighted by atomic mass is 16.2. The van der Waals surface area contributed by atoms with Gasteiger partial charge in [-0.15, -0.1) is 0 Å². The van der Waals surface area contributed by atoms with Gasteiger partial charge in [-0.3, -0.25) is 19.3 Å². The Labute approximate surface area is 88.1 Å². The molecule has 1 aliphatic heterocycles. The summed E-state index contributed by atoms with van der Waals surface area (Å²) in [6.07, 6.45) is 0.570. The SMILES string of the molecule is C=C(C)C(=O)NCCN1C(=O)CCC1=O. The number of imide groups is 1. The van der Waals surface area contributed by atoms with Crippen LogP contribution in [0.25, 0.3) is 0 Å². The molecule has 82 valence electrons. The Morgan fingerprint density at radius 1 is 1.40 bits per heavy atom. The quantitative estimate of drug-likeness (QED) is 0.517. The minimum Gasteiger partial charge on any atom is -0.351 e. The Hall–Kier alpha value is -1.65. The van der Waals surface area contributed by atoms with Crippen LogP contribution in [0.4, 0.5) is 0 Å². The van der Waals surface area contributed by atoms with E-state index in [2.05, 4.69) is 11.9 Å². The normalized spacial score (nSPS) is 15.7. The van der Waals surface area contributed by atoms with Crippen LogP contribution in [-0.4, -0.2) is 35.7 Å². The maximum Gasteiger partial charge on any atom is 0.246 e. The van der Waals surface area contributed by atoms with Gasteiger partial charge in [-0.25, -0.2) is 0 Å². The summed E-state index contributed by atoms with van der Waals surface area (Å²) in [5.41, 5.74) is 0.411. The van der Waals surface area contributed by atoms with Gasteiger partial charge >= 0.3 is 0 Å². The molecule has 0 bridgehead atoms. The topological polar surface area (TPSA) is 66.5 Å². The molecule has 0 spiro atoms. The summed E-state index contributed by atoms with van der Waals surface area (Å²) in [6.45, 7) is 5.60. The second-order valence-corrected chi connectivity index (χ2v) is 3.48. The van der Waals surface area contributed by atoms with Crippen molar-refractivity contribution in [2.75, 3.05) is 13.1 Å². The molecule has 1 rings (SSSR count). The molecular formula is C10H14N2O3. The predicted molar refractivity (Wildman–Crippen MR) is 53.8 cm³/mol. The number of hydrogen-bond donors (Lipinski definition) is 1. The van der Waals surface area contributed by atoms with Crippen molar-refractivity contribution in [3.63, 3.8) is 0 Å². The fourth-order valence-corrected chi connectivity index (χ4v) is 1.30. The highest BCUT2D eigenvalue weighted by molar-refractivity contribution is 6.02. The van der Waals surface area contributed by atoms with Gasteiger partial charge in [-0.05, 0) is 6.92 Å². The highest BCUT2D eigenvalue weighted by Gasteiger charge is 2.28. The summed E-state index contributed by atoms with van der Waals surface area (Å²) in [5.74, 6) is -0.580. The van der Waals surface area contributed by atoms with Crippen LogP contribution in [-0.2, 0) is 14.4 Å². The van der Waals surface area contributed by atoms with E-state index in [1.165, 1.54) is 4.90 Å². The van der Waals surface area contributed by atoms with Gasteiger partial charge in [0.25, 0.3) is 0 Å². The largest absolute Gasteiger partial charge is 0.351 e. The number of rotatable bonds is 4. The average molecular weight is 210 g/mol. The monoisotopic (exact) mass is 210 g/mol. The minimum atomic E-state index is -0.255. The van der Waals surface area contributed by atoms with E-state index in [0.717, 1.165) is 0 Å². The molecule has 3 amide bonds. The van der Waals surface area contributed by atoms with Crippen molar-refractivity contribution in [2.45, 2.75) is 19.8 Å². The Balaban J connectivity index is 2.31. The van der Waals surface area contributed by atoms with E-state index in [1.54, 1.807) is 6.92 Å². The lowest BCUT2D eigenvalue weighted by molar-refractivity contribution is -0.138. The standard InChI is InChI=1S/C10H14N2O3/c1-7(2)10(15)11-5-6-12-8(13)3-4-9(12)14/h1,3-6H2,2H3,(H,11,15). The number of carbonyl (C=O) groups excluding carboxylic acids is 3. The third kappa shape index (κ3) is 2.90. The molecule has 1 saturated heterocycles. The van der Waals surface area contributed by atoms with Crippen LogP contribution in [0.5, 0.6) is 0 Å². The summed E-state index contributed by atoms with van der Waals surface area (Å²) in [4.78, 5) is 34.6. The highest BCUT2D eigenvalue weighted by Crippen LogP contribution is 2.10. The lowest BCUT2D eigenvalue weighted by atomic mass is 10.3. The first kappa shape index (κ1) is 11.4. The van der Waals surface area contributed by atoms with E-state index in [-0.39, 0.29) is 43.7 Å². The lowest BCUT2D eigenvalue weighted by Gasteiger charge is -2.13. The van der Waals surface area contributed by atoms with Crippen molar-refractivity contribution in [1.82, 2.24) is 10.2 Å². The van der Waals surface area contributed by atoms with Crippen molar-refractivity contribution < 1.29 is 14.4 Å². The second kappa shape index (κ2) is 4.72. The Morgan fingerprint density at radius 3 is 2.40 bits per heavy atom. The number of amides is 3. The zero-order valence-electron chi connectivity index (χ0n) is 8.71. The van der Waals surface area contributed by atoms with Crippen LogP contribution in [0.3, 0.4) is 0 Å². The lowest BCUT2D eigenvalue weighted by Crippen LogP contribution is -2.37. The third-order valence-electron chi connectivity index (χ3n) is 2.16. The van der Waals surface area contributed by atoms with E-state index in [9.17, 15) is 14.4 Å². The molecule has 5 nitrogen and oxygen atoms in total. The first-order valence-corrected chi connectivity index (χ1v) is 4.79. The van der Waals surface area contributed by atoms with E-state index < -0.39 is 0 Å². The molecule has 0 aliphatic carbocycles. The molecule has 0 radical (unpaired) electrons. The maximum absolute atomic E-state index is 11.2. The fourth-order valence-electron chi connectivity index (χ4n) is 1.30. The molecule has 15 heavy (non-hydrogen) atoms. The summed E-state index contributed by atoms with van der Waals surface area (Å²) in [5, 5.41) is 2.57. The Morgan fingerprint density at radius 2 is 1.93 bits per heavy atom. The first-order valence-electron chi connectivity index (χ1n) is 4.79. The number of hydrogen-bond acceptors (Lipinski definition) is 3. The zero-order chi connectivity index (χ0) is 11.4. The molecule has 1 heterocycles. The van der Waals surface area contributed by atoms with E-state index in [1.807, 2.05) is 0 Å². The summed E-state index contributed by atoms with van der Waals surface area (Å²) in [7, 11) is 0. The van der Waals surface area contributed by atoms with Crippen LogP contribution in [0.1, 0.15) is 19.8 Å². The van der Waals surface area contributed by atoms with E-state index in [4.69, 9.17) is 0 Å². The van der Waals surface area contributed by atoms with Gasteiger partial charge in [0, 0.05) is 31.5 Å². The molecule has 0 saturated carbocycles. The van der Waals surface area contributed by atoms with Crippen molar-refractivity contribution in [3.8, 4) is 0 Å². The van der Waals surface area contributed by atoms with Crippen LogP contribution in [0, 0.1) is 0 Å². The number of likely N-dealkylation sites (tertiary alicyclic amines) is 1. The van der Waals surface area contributed by atoms with Crippen LogP contribution in [0.2, 0.25) is 0 Å². The van der Waals surface area contributed by atoms with Gasteiger partial charge in [0.2, 0.25) is 17.7 Å². The summed E-state index contributed by atoms with van der Waals surface area (Å²) < 4.78 is 0. The van der Waals surface area contributed by atoms with Gasteiger partial charge < -0.3 is 5.32 Å². The summed E-state index contributed by atoms with van der Waals surface area (Å²) >= 11 is 0. The molecule has 0 aromatic heterocycles. The van der Waals surface area contributed by atoms with Crippen molar-refractivity contribution in [2.24, 2.45) is 0 Å². The third-order valence-corrected chi connectivity index (χ3v) is 2.16. The van der Waals surface area contributed by atoms with Crippen LogP contribution >= 0.6 is 0 Å². The summed E-state index contributed by atoms with van der Waals surface area (Å²) in [6, 6.07) is 0. The smallest absolute Gasteiger partial charge is 0.246 e. The molecule has 1 N–H and O–H groups in total. The number of nitrogens with one attached hydrogen (secondary N) is 1. The van der Waals surface area contributed by atoms with Crippen LogP contribution < -0.4 is 5.32 Å². The average Bonchev–Trinajstić information content (AvgIpc) is 2.48. The van der Waals surface area contributed by atoms with E-state index >= 15 is 0 Å². The first-order chi connectivity index (χ1) is 7.02. The van der Waals surface area contributed by atoms with E-state index in [0.29, 0.717) is 5.57 Å². The Kier molecular flexibility index (Phi) is 3.60. The number of carbonyl (C=O) groups is 3. The fraction of sp³-hybridized carbons (Fsp3) is 0.500. The number of nitrogens with zero attached hydrogens (tertiary/aromatic N) is 1. The van der Waals surface area contributed by atoms with Gasteiger partial charge in [-0.2, -0.15) is 0 Å². The Bertz CT molecular complexity index is 307. The van der Waals surface area contributed by atoms with Crippen molar-refractivity contribution >= 4 is 17.7 Å². The van der Waals surface area contributed by atoms with Crippen molar-refractivity contribution in [3.05, 3.63) is 12.2 Å². The molecular weight excluding hydrogens is 196 g/mol. The molecule has 0 aromatic rings.